The molecule has 0 spiro atoms. The second-order valence-electron chi connectivity index (χ2n) is 5.41. The van der Waals surface area contributed by atoms with Crippen LogP contribution in [0.5, 0.6) is 0 Å². The van der Waals surface area contributed by atoms with Crippen molar-refractivity contribution < 1.29 is 0 Å². The Morgan fingerprint density at radius 2 is 2.00 bits per heavy atom. The van der Waals surface area contributed by atoms with Crippen molar-refractivity contribution in [1.82, 2.24) is 5.32 Å². The molecule has 0 aromatic carbocycles. The van der Waals surface area contributed by atoms with Crippen molar-refractivity contribution in [3.8, 4) is 0 Å². The van der Waals surface area contributed by atoms with Crippen LogP contribution in [0.25, 0.3) is 0 Å². The maximum atomic E-state index is 6.02. The van der Waals surface area contributed by atoms with Crippen LogP contribution in [0.15, 0.2) is 0 Å². The van der Waals surface area contributed by atoms with Gasteiger partial charge in [0.15, 0.2) is 0 Å². The van der Waals surface area contributed by atoms with E-state index in [4.69, 9.17) is 5.73 Å². The summed E-state index contributed by atoms with van der Waals surface area (Å²) in [7, 11) is 0. The molecule has 0 aromatic heterocycles. The van der Waals surface area contributed by atoms with E-state index in [1.54, 1.807) is 0 Å². The molecule has 78 valence electrons. The molecular formula is C11H24N2. The fourth-order valence-electron chi connectivity index (χ4n) is 1.28. The first kappa shape index (κ1) is 11.0. The van der Waals surface area contributed by atoms with Crippen LogP contribution in [0.2, 0.25) is 0 Å². The Bertz CT molecular complexity index is 145. The van der Waals surface area contributed by atoms with Crippen molar-refractivity contribution in [1.29, 1.82) is 0 Å². The molecule has 1 aliphatic carbocycles. The summed E-state index contributed by atoms with van der Waals surface area (Å²) in [6.45, 7) is 8.69. The summed E-state index contributed by atoms with van der Waals surface area (Å²) < 4.78 is 0. The third-order valence-electron chi connectivity index (χ3n) is 2.90. The van der Waals surface area contributed by atoms with Crippen LogP contribution in [0, 0.1) is 11.3 Å². The van der Waals surface area contributed by atoms with Gasteiger partial charge in [0.2, 0.25) is 0 Å². The molecule has 1 fully saturated rings. The zero-order valence-corrected chi connectivity index (χ0v) is 9.27. The number of nitrogens with one attached hydrogen (secondary N) is 1. The van der Waals surface area contributed by atoms with Gasteiger partial charge in [0, 0.05) is 12.6 Å². The van der Waals surface area contributed by atoms with Crippen LogP contribution in [-0.4, -0.2) is 19.1 Å². The van der Waals surface area contributed by atoms with Gasteiger partial charge in [-0.25, -0.2) is 0 Å². The molecule has 1 atom stereocenters. The van der Waals surface area contributed by atoms with E-state index in [0.717, 1.165) is 19.0 Å². The lowest BCUT2D eigenvalue weighted by molar-refractivity contribution is 0.309. The molecule has 1 saturated carbocycles. The summed E-state index contributed by atoms with van der Waals surface area (Å²) in [6.07, 6.45) is 4.25. The highest BCUT2D eigenvalue weighted by Gasteiger charge is 2.22. The summed E-state index contributed by atoms with van der Waals surface area (Å²) in [5.41, 5.74) is 6.25. The predicted octanol–water partition coefficient (Wildman–Crippen LogP) is 1.75. The Morgan fingerprint density at radius 1 is 1.38 bits per heavy atom. The van der Waals surface area contributed by atoms with Crippen LogP contribution in [-0.2, 0) is 0 Å². The van der Waals surface area contributed by atoms with Crippen molar-refractivity contribution >= 4 is 0 Å². The Balaban J connectivity index is 1.97. The molecule has 0 radical (unpaired) electrons. The molecule has 0 aliphatic heterocycles. The van der Waals surface area contributed by atoms with Gasteiger partial charge < -0.3 is 11.1 Å². The van der Waals surface area contributed by atoms with Crippen molar-refractivity contribution in [2.75, 3.05) is 13.1 Å². The molecule has 1 rings (SSSR count). The second kappa shape index (κ2) is 4.43. The maximum absolute atomic E-state index is 6.02. The lowest BCUT2D eigenvalue weighted by Gasteiger charge is -2.27. The molecule has 2 nitrogen and oxygen atoms in total. The SMILES string of the molecule is CC(C)(C)C(N)CNCCC1CC1. The van der Waals surface area contributed by atoms with Crippen LogP contribution in [0.3, 0.4) is 0 Å². The molecule has 0 saturated heterocycles. The Hall–Kier alpha value is -0.0800. The minimum atomic E-state index is 0.229. The monoisotopic (exact) mass is 184 g/mol. The van der Waals surface area contributed by atoms with Gasteiger partial charge in [0.25, 0.3) is 0 Å². The topological polar surface area (TPSA) is 38.0 Å². The van der Waals surface area contributed by atoms with Crippen LogP contribution in [0.1, 0.15) is 40.0 Å². The lowest BCUT2D eigenvalue weighted by Crippen LogP contribution is -2.43. The number of rotatable bonds is 5. The first-order chi connectivity index (χ1) is 6.00. The number of hydrogen-bond donors (Lipinski definition) is 2. The highest BCUT2D eigenvalue weighted by molar-refractivity contribution is 4.79. The van der Waals surface area contributed by atoms with Crippen LogP contribution >= 0.6 is 0 Å². The molecular weight excluding hydrogens is 160 g/mol. The van der Waals surface area contributed by atoms with Crippen molar-refractivity contribution in [3.05, 3.63) is 0 Å². The zero-order valence-electron chi connectivity index (χ0n) is 9.27. The third kappa shape index (κ3) is 4.63. The summed E-state index contributed by atoms with van der Waals surface area (Å²) >= 11 is 0. The van der Waals surface area contributed by atoms with Gasteiger partial charge in [-0.3, -0.25) is 0 Å². The standard InChI is InChI=1S/C11H24N2/c1-11(2,3)10(12)8-13-7-6-9-4-5-9/h9-10,13H,4-8,12H2,1-3H3. The van der Waals surface area contributed by atoms with E-state index in [1.165, 1.54) is 19.3 Å². The predicted molar refractivity (Wildman–Crippen MR) is 57.6 cm³/mol. The van der Waals surface area contributed by atoms with E-state index in [9.17, 15) is 0 Å². The summed E-state index contributed by atoms with van der Waals surface area (Å²) in [6, 6.07) is 0.270. The van der Waals surface area contributed by atoms with Crippen molar-refractivity contribution in [2.45, 2.75) is 46.1 Å². The van der Waals surface area contributed by atoms with Gasteiger partial charge in [0.05, 0.1) is 0 Å². The fraction of sp³-hybridized carbons (Fsp3) is 1.00. The number of hydrogen-bond acceptors (Lipinski definition) is 2. The van der Waals surface area contributed by atoms with E-state index >= 15 is 0 Å². The van der Waals surface area contributed by atoms with Gasteiger partial charge in [-0.1, -0.05) is 33.6 Å². The average Bonchev–Trinajstić information content (AvgIpc) is 2.79. The van der Waals surface area contributed by atoms with Gasteiger partial charge in [-0.2, -0.15) is 0 Å². The molecule has 13 heavy (non-hydrogen) atoms. The molecule has 1 aliphatic rings. The smallest absolute Gasteiger partial charge is 0.0214 e. The second-order valence-corrected chi connectivity index (χ2v) is 5.41. The molecule has 1 unspecified atom stereocenters. The Morgan fingerprint density at radius 3 is 2.46 bits per heavy atom. The van der Waals surface area contributed by atoms with E-state index in [2.05, 4.69) is 26.1 Å². The summed E-state index contributed by atoms with van der Waals surface area (Å²) in [5, 5.41) is 3.44. The number of nitrogens with two attached hydrogens (primary N) is 1. The molecule has 3 N–H and O–H groups in total. The van der Waals surface area contributed by atoms with Crippen molar-refractivity contribution in [3.63, 3.8) is 0 Å². The van der Waals surface area contributed by atoms with E-state index in [1.807, 2.05) is 0 Å². The third-order valence-corrected chi connectivity index (χ3v) is 2.90. The molecule has 0 heterocycles. The Labute approximate surface area is 82.3 Å². The van der Waals surface area contributed by atoms with E-state index in [-0.39, 0.29) is 11.5 Å². The average molecular weight is 184 g/mol. The molecule has 0 aromatic rings. The highest BCUT2D eigenvalue weighted by atomic mass is 14.9. The first-order valence-electron chi connectivity index (χ1n) is 5.46. The minimum absolute atomic E-state index is 0.229. The maximum Gasteiger partial charge on any atom is 0.0214 e. The molecule has 0 amide bonds. The van der Waals surface area contributed by atoms with E-state index < -0.39 is 0 Å². The van der Waals surface area contributed by atoms with Crippen LogP contribution in [0.4, 0.5) is 0 Å². The van der Waals surface area contributed by atoms with Crippen LogP contribution < -0.4 is 11.1 Å². The highest BCUT2D eigenvalue weighted by Crippen LogP contribution is 2.31. The normalized spacial score (nSPS) is 20.3. The van der Waals surface area contributed by atoms with Gasteiger partial charge in [0.1, 0.15) is 0 Å². The lowest BCUT2D eigenvalue weighted by atomic mass is 9.87. The zero-order chi connectivity index (χ0) is 9.90. The van der Waals surface area contributed by atoms with Gasteiger partial charge in [-0.05, 0) is 24.3 Å². The largest absolute Gasteiger partial charge is 0.326 e. The quantitative estimate of drug-likeness (QED) is 0.639. The fourth-order valence-corrected chi connectivity index (χ4v) is 1.28. The molecule has 0 bridgehead atoms. The Kier molecular flexibility index (Phi) is 3.74. The molecule has 2 heteroatoms. The minimum Gasteiger partial charge on any atom is -0.326 e. The van der Waals surface area contributed by atoms with Gasteiger partial charge >= 0.3 is 0 Å². The summed E-state index contributed by atoms with van der Waals surface area (Å²) in [5.74, 6) is 1.03. The first-order valence-corrected chi connectivity index (χ1v) is 5.46. The van der Waals surface area contributed by atoms with Crippen molar-refractivity contribution in [2.24, 2.45) is 17.1 Å². The summed E-state index contributed by atoms with van der Waals surface area (Å²) in [4.78, 5) is 0. The van der Waals surface area contributed by atoms with E-state index in [0.29, 0.717) is 0 Å². The van der Waals surface area contributed by atoms with Gasteiger partial charge in [-0.15, -0.1) is 0 Å².